The molecule has 2 heterocycles. The van der Waals surface area contributed by atoms with Crippen LogP contribution < -0.4 is 5.32 Å². The summed E-state index contributed by atoms with van der Waals surface area (Å²) in [7, 11) is 0. The molecule has 4 nitrogen and oxygen atoms in total. The van der Waals surface area contributed by atoms with Crippen molar-refractivity contribution < 1.29 is 4.79 Å². The molecule has 1 N–H and O–H groups in total. The van der Waals surface area contributed by atoms with Crippen molar-refractivity contribution in [2.24, 2.45) is 0 Å². The average Bonchev–Trinajstić information content (AvgIpc) is 3.10. The van der Waals surface area contributed by atoms with E-state index in [-0.39, 0.29) is 30.7 Å². The maximum Gasteiger partial charge on any atom is 0.253 e. The Morgan fingerprint density at radius 1 is 0.885 bits per heavy atom. The van der Waals surface area contributed by atoms with E-state index >= 15 is 0 Å². The minimum absolute atomic E-state index is 0. The fourth-order valence-corrected chi connectivity index (χ4v) is 3.56. The predicted octanol–water partition coefficient (Wildman–Crippen LogP) is 3.09. The Bertz CT molecular complexity index is 731. The molecule has 6 heteroatoms. The molecule has 2 aliphatic heterocycles. The van der Waals surface area contributed by atoms with Crippen molar-refractivity contribution in [2.45, 2.75) is 19.6 Å². The van der Waals surface area contributed by atoms with Crippen molar-refractivity contribution in [3.63, 3.8) is 0 Å². The topological polar surface area (TPSA) is 35.6 Å². The summed E-state index contributed by atoms with van der Waals surface area (Å²) in [6.07, 6.45) is 0. The number of carbonyl (C=O) groups is 1. The molecule has 0 aliphatic carbocycles. The number of piperazine rings is 1. The van der Waals surface area contributed by atoms with Crippen LogP contribution in [0.2, 0.25) is 0 Å². The number of nitrogens with zero attached hydrogens (tertiary/aromatic N) is 2. The van der Waals surface area contributed by atoms with Gasteiger partial charge in [0.2, 0.25) is 0 Å². The van der Waals surface area contributed by atoms with Crippen LogP contribution in [0.4, 0.5) is 0 Å². The molecule has 0 radical (unpaired) electrons. The average molecular weight is 394 g/mol. The van der Waals surface area contributed by atoms with Gasteiger partial charge in [-0.25, -0.2) is 0 Å². The fourth-order valence-electron chi connectivity index (χ4n) is 3.56. The lowest BCUT2D eigenvalue weighted by Crippen LogP contribution is -2.48. The molecule has 1 amide bonds. The van der Waals surface area contributed by atoms with Crippen LogP contribution in [0, 0.1) is 0 Å². The van der Waals surface area contributed by atoms with Gasteiger partial charge in [0.05, 0.1) is 0 Å². The number of rotatable bonds is 3. The maximum absolute atomic E-state index is 12.8. The lowest BCUT2D eigenvalue weighted by atomic mass is 10.1. The molecule has 1 fully saturated rings. The van der Waals surface area contributed by atoms with E-state index < -0.39 is 0 Å². The molecule has 0 saturated carbocycles. The van der Waals surface area contributed by atoms with Gasteiger partial charge in [-0.2, -0.15) is 0 Å². The summed E-state index contributed by atoms with van der Waals surface area (Å²) < 4.78 is 0. The molecule has 2 aromatic rings. The molecular formula is C20H25Cl2N3O. The van der Waals surface area contributed by atoms with Gasteiger partial charge in [0, 0.05) is 51.4 Å². The molecule has 2 aromatic carbocycles. The summed E-state index contributed by atoms with van der Waals surface area (Å²) in [5, 5.41) is 3.33. The molecular weight excluding hydrogens is 369 g/mol. The minimum atomic E-state index is 0. The summed E-state index contributed by atoms with van der Waals surface area (Å²) >= 11 is 0. The number of benzene rings is 2. The second-order valence-corrected chi connectivity index (χ2v) is 6.64. The Kier molecular flexibility index (Phi) is 7.47. The standard InChI is InChI=1S/C20H23N3O.2ClH/c24-20(17-6-7-18-13-21-14-19(18)12-17)23-10-8-22(9-11-23)15-16-4-2-1-3-5-16;;/h1-7,12,21H,8-11,13-15H2;2*1H. The number of amides is 1. The highest BCUT2D eigenvalue weighted by Crippen LogP contribution is 2.19. The Hall–Kier alpha value is -1.59. The van der Waals surface area contributed by atoms with Crippen molar-refractivity contribution in [2.75, 3.05) is 26.2 Å². The predicted molar refractivity (Wildman–Crippen MR) is 109 cm³/mol. The van der Waals surface area contributed by atoms with Crippen LogP contribution in [-0.2, 0) is 19.6 Å². The van der Waals surface area contributed by atoms with Gasteiger partial charge in [-0.1, -0.05) is 36.4 Å². The van der Waals surface area contributed by atoms with Crippen LogP contribution in [0.25, 0.3) is 0 Å². The van der Waals surface area contributed by atoms with Crippen molar-refractivity contribution in [3.05, 3.63) is 70.8 Å². The molecule has 0 aromatic heterocycles. The first-order chi connectivity index (χ1) is 11.8. The van der Waals surface area contributed by atoms with E-state index in [1.54, 1.807) is 0 Å². The molecule has 0 bridgehead atoms. The van der Waals surface area contributed by atoms with Gasteiger partial charge >= 0.3 is 0 Å². The van der Waals surface area contributed by atoms with Gasteiger partial charge in [0.1, 0.15) is 0 Å². The largest absolute Gasteiger partial charge is 0.336 e. The minimum Gasteiger partial charge on any atom is -0.336 e. The van der Waals surface area contributed by atoms with Gasteiger partial charge in [0.25, 0.3) is 5.91 Å². The SMILES string of the molecule is Cl.Cl.O=C(c1ccc2c(c1)CNC2)N1CCN(Cc2ccccc2)CC1. The third-order valence-electron chi connectivity index (χ3n) is 4.99. The van der Waals surface area contributed by atoms with E-state index in [0.29, 0.717) is 0 Å². The van der Waals surface area contributed by atoms with Crippen LogP contribution in [0.15, 0.2) is 48.5 Å². The Labute approximate surface area is 167 Å². The van der Waals surface area contributed by atoms with Gasteiger partial charge in [-0.15, -0.1) is 24.8 Å². The summed E-state index contributed by atoms with van der Waals surface area (Å²) in [6, 6.07) is 16.7. The van der Waals surface area contributed by atoms with Crippen LogP contribution in [0.5, 0.6) is 0 Å². The quantitative estimate of drug-likeness (QED) is 0.869. The second kappa shape index (κ2) is 9.38. The summed E-state index contributed by atoms with van der Waals surface area (Å²) in [4.78, 5) is 17.2. The highest BCUT2D eigenvalue weighted by Gasteiger charge is 2.23. The second-order valence-electron chi connectivity index (χ2n) is 6.64. The van der Waals surface area contributed by atoms with Crippen molar-refractivity contribution in [1.82, 2.24) is 15.1 Å². The highest BCUT2D eigenvalue weighted by atomic mass is 35.5. The molecule has 1 saturated heterocycles. The lowest BCUT2D eigenvalue weighted by Gasteiger charge is -2.34. The van der Waals surface area contributed by atoms with E-state index in [1.165, 1.54) is 16.7 Å². The van der Waals surface area contributed by atoms with Crippen LogP contribution in [0.3, 0.4) is 0 Å². The lowest BCUT2D eigenvalue weighted by molar-refractivity contribution is 0.0628. The number of fused-ring (bicyclic) bond motifs is 1. The van der Waals surface area contributed by atoms with E-state index in [9.17, 15) is 4.79 Å². The first-order valence-electron chi connectivity index (χ1n) is 8.68. The molecule has 0 spiro atoms. The van der Waals surface area contributed by atoms with E-state index in [0.717, 1.165) is 51.4 Å². The highest BCUT2D eigenvalue weighted by molar-refractivity contribution is 5.94. The molecule has 0 atom stereocenters. The first-order valence-corrected chi connectivity index (χ1v) is 8.68. The van der Waals surface area contributed by atoms with Crippen LogP contribution >= 0.6 is 24.8 Å². The van der Waals surface area contributed by atoms with Crippen molar-refractivity contribution in [1.29, 1.82) is 0 Å². The van der Waals surface area contributed by atoms with E-state index in [2.05, 4.69) is 46.6 Å². The number of hydrogen-bond acceptors (Lipinski definition) is 3. The zero-order valence-electron chi connectivity index (χ0n) is 14.7. The zero-order valence-corrected chi connectivity index (χ0v) is 16.3. The fraction of sp³-hybridized carbons (Fsp3) is 0.350. The summed E-state index contributed by atoms with van der Waals surface area (Å²) in [5.41, 5.74) is 4.75. The number of carbonyl (C=O) groups excluding carboxylic acids is 1. The van der Waals surface area contributed by atoms with Crippen molar-refractivity contribution >= 4 is 30.7 Å². The Balaban J connectivity index is 0.00000121. The molecule has 26 heavy (non-hydrogen) atoms. The van der Waals surface area contributed by atoms with Crippen LogP contribution in [-0.4, -0.2) is 41.9 Å². The van der Waals surface area contributed by atoms with E-state index in [4.69, 9.17) is 0 Å². The zero-order chi connectivity index (χ0) is 16.4. The van der Waals surface area contributed by atoms with Gasteiger partial charge < -0.3 is 10.2 Å². The smallest absolute Gasteiger partial charge is 0.253 e. The third-order valence-corrected chi connectivity index (χ3v) is 4.99. The monoisotopic (exact) mass is 393 g/mol. The van der Waals surface area contributed by atoms with Crippen molar-refractivity contribution in [3.8, 4) is 0 Å². The van der Waals surface area contributed by atoms with Gasteiger partial charge in [-0.3, -0.25) is 9.69 Å². The number of halogens is 2. The number of hydrogen-bond donors (Lipinski definition) is 1. The molecule has 2 aliphatic rings. The summed E-state index contributed by atoms with van der Waals surface area (Å²) in [5.74, 6) is 0.170. The van der Waals surface area contributed by atoms with Gasteiger partial charge in [0.15, 0.2) is 0 Å². The number of nitrogens with one attached hydrogen (secondary N) is 1. The summed E-state index contributed by atoms with van der Waals surface area (Å²) in [6.45, 7) is 6.25. The Morgan fingerprint density at radius 2 is 1.58 bits per heavy atom. The van der Waals surface area contributed by atoms with Gasteiger partial charge in [-0.05, 0) is 28.8 Å². The third kappa shape index (κ3) is 4.57. The maximum atomic E-state index is 12.8. The molecule has 4 rings (SSSR count). The Morgan fingerprint density at radius 3 is 2.31 bits per heavy atom. The molecule has 0 unspecified atom stereocenters. The van der Waals surface area contributed by atoms with Crippen LogP contribution in [0.1, 0.15) is 27.0 Å². The normalized spacial score (nSPS) is 16.4. The van der Waals surface area contributed by atoms with E-state index in [1.807, 2.05) is 17.0 Å². The molecule has 140 valence electrons. The first kappa shape index (κ1) is 20.7.